The van der Waals surface area contributed by atoms with Gasteiger partial charge in [0.1, 0.15) is 17.1 Å². The topological polar surface area (TPSA) is 47.9 Å². The Hall–Kier alpha value is -0.490. The number of nitrogens with zero attached hydrogens (tertiary/aromatic N) is 3. The first kappa shape index (κ1) is 22.8. The van der Waals surface area contributed by atoms with Gasteiger partial charge in [-0.1, -0.05) is 107 Å². The SMILES string of the molecule is CCCCOc1ccc(C=Cc2c(C(Cl)(Cl)Cl)nnnc2C(Cl)(Cl)Cl)cc1. The molecule has 0 unspecified atom stereocenters. The van der Waals surface area contributed by atoms with E-state index in [4.69, 9.17) is 74.3 Å². The molecule has 0 spiro atoms. The van der Waals surface area contributed by atoms with Crippen molar-refractivity contribution in [3.05, 3.63) is 46.8 Å². The summed E-state index contributed by atoms with van der Waals surface area (Å²) in [7, 11) is 0. The summed E-state index contributed by atoms with van der Waals surface area (Å²) in [5.41, 5.74) is 1.16. The Morgan fingerprint density at radius 2 is 1.44 bits per heavy atom. The highest BCUT2D eigenvalue weighted by atomic mass is 35.6. The van der Waals surface area contributed by atoms with Crippen LogP contribution in [0.15, 0.2) is 24.3 Å². The number of hydrogen-bond donors (Lipinski definition) is 0. The summed E-state index contributed by atoms with van der Waals surface area (Å²) in [5, 5.41) is 11.1. The number of halogens is 6. The van der Waals surface area contributed by atoms with Crippen molar-refractivity contribution in [2.75, 3.05) is 6.61 Å². The van der Waals surface area contributed by atoms with Gasteiger partial charge in [0.25, 0.3) is 0 Å². The van der Waals surface area contributed by atoms with Gasteiger partial charge in [-0.2, -0.15) is 0 Å². The number of hydrogen-bond acceptors (Lipinski definition) is 4. The largest absolute Gasteiger partial charge is 0.494 e. The molecule has 10 heteroatoms. The molecule has 0 atom stereocenters. The summed E-state index contributed by atoms with van der Waals surface area (Å²) in [4.78, 5) is 0. The molecule has 2 rings (SSSR count). The molecular weight excluding hydrogens is 475 g/mol. The lowest BCUT2D eigenvalue weighted by Gasteiger charge is -2.17. The van der Waals surface area contributed by atoms with Gasteiger partial charge in [0.15, 0.2) is 0 Å². The van der Waals surface area contributed by atoms with E-state index in [2.05, 4.69) is 22.3 Å². The van der Waals surface area contributed by atoms with Crippen LogP contribution in [0.4, 0.5) is 0 Å². The Labute approximate surface area is 187 Å². The smallest absolute Gasteiger partial charge is 0.235 e. The lowest BCUT2D eigenvalue weighted by atomic mass is 10.1. The Bertz CT molecular complexity index is 752. The van der Waals surface area contributed by atoms with Crippen molar-refractivity contribution in [1.29, 1.82) is 0 Å². The van der Waals surface area contributed by atoms with E-state index in [0.717, 1.165) is 24.2 Å². The molecule has 4 nitrogen and oxygen atoms in total. The molecule has 0 aliphatic heterocycles. The Morgan fingerprint density at radius 1 is 0.889 bits per heavy atom. The molecule has 1 heterocycles. The van der Waals surface area contributed by atoms with Gasteiger partial charge in [-0.15, -0.1) is 10.2 Å². The van der Waals surface area contributed by atoms with Crippen LogP contribution in [-0.2, 0) is 7.59 Å². The van der Waals surface area contributed by atoms with E-state index in [1.807, 2.05) is 24.3 Å². The molecule has 0 bridgehead atoms. The second kappa shape index (κ2) is 9.82. The number of ether oxygens (including phenoxy) is 1. The lowest BCUT2D eigenvalue weighted by molar-refractivity contribution is 0.309. The fraction of sp³-hybridized carbons (Fsp3) is 0.353. The van der Waals surface area contributed by atoms with Crippen molar-refractivity contribution in [1.82, 2.24) is 15.4 Å². The van der Waals surface area contributed by atoms with Gasteiger partial charge in [0.05, 0.1) is 6.61 Å². The standard InChI is InChI=1S/C17H15Cl6N3O/c1-2-3-10-27-12-7-4-11(5-8-12)6-9-13-14(16(18,19)20)24-26-25-15(13)17(21,22)23/h4-9H,2-3,10H2,1H3. The number of aromatic nitrogens is 3. The molecule has 0 radical (unpaired) electrons. The van der Waals surface area contributed by atoms with Crippen LogP contribution in [0, 0.1) is 0 Å². The minimum absolute atomic E-state index is 0.0135. The average Bonchev–Trinajstić information content (AvgIpc) is 2.59. The molecule has 0 fully saturated rings. The first-order valence-corrected chi connectivity index (χ1v) is 10.2. The minimum atomic E-state index is -1.86. The lowest BCUT2D eigenvalue weighted by Crippen LogP contribution is -2.16. The molecule has 0 aliphatic carbocycles. The van der Waals surface area contributed by atoms with E-state index < -0.39 is 7.59 Å². The Kier molecular flexibility index (Phi) is 8.29. The van der Waals surface area contributed by atoms with Crippen molar-refractivity contribution >= 4 is 81.8 Å². The van der Waals surface area contributed by atoms with Gasteiger partial charge in [-0.05, 0) is 29.3 Å². The maximum atomic E-state index is 5.97. The normalized spacial score (nSPS) is 12.6. The van der Waals surface area contributed by atoms with Crippen molar-refractivity contribution in [3.63, 3.8) is 0 Å². The highest BCUT2D eigenvalue weighted by Crippen LogP contribution is 2.44. The highest BCUT2D eigenvalue weighted by Gasteiger charge is 2.36. The molecular formula is C17H15Cl6N3O. The van der Waals surface area contributed by atoms with Gasteiger partial charge in [-0.3, -0.25) is 0 Å². The maximum Gasteiger partial charge on any atom is 0.235 e. The zero-order valence-corrected chi connectivity index (χ0v) is 18.6. The zero-order valence-electron chi connectivity index (χ0n) is 14.1. The number of rotatable bonds is 6. The van der Waals surface area contributed by atoms with Gasteiger partial charge >= 0.3 is 0 Å². The summed E-state index contributed by atoms with van der Waals surface area (Å²) in [6.07, 6.45) is 5.45. The molecule has 0 N–H and O–H groups in total. The number of alkyl halides is 6. The van der Waals surface area contributed by atoms with E-state index in [9.17, 15) is 0 Å². The third kappa shape index (κ3) is 6.81. The van der Waals surface area contributed by atoms with Crippen LogP contribution in [-0.4, -0.2) is 22.0 Å². The predicted octanol–water partition coefficient (Wildman–Crippen LogP) is 6.87. The van der Waals surface area contributed by atoms with Crippen LogP contribution in [0.25, 0.3) is 12.2 Å². The quantitative estimate of drug-likeness (QED) is 0.328. The minimum Gasteiger partial charge on any atom is -0.494 e. The molecule has 0 saturated heterocycles. The van der Waals surface area contributed by atoms with Crippen molar-refractivity contribution < 1.29 is 4.74 Å². The first-order valence-electron chi connectivity index (χ1n) is 7.91. The highest BCUT2D eigenvalue weighted by molar-refractivity contribution is 6.67. The summed E-state index contributed by atoms with van der Waals surface area (Å²) in [6, 6.07) is 7.49. The third-order valence-corrected chi connectivity index (χ3v) is 4.50. The second-order valence-electron chi connectivity index (χ2n) is 5.50. The van der Waals surface area contributed by atoms with E-state index in [0.29, 0.717) is 6.61 Å². The summed E-state index contributed by atoms with van der Waals surface area (Å²) >= 11 is 35.8. The number of benzene rings is 1. The monoisotopic (exact) mass is 487 g/mol. The summed E-state index contributed by atoms with van der Waals surface area (Å²) in [5.74, 6) is 0.789. The van der Waals surface area contributed by atoms with Gasteiger partial charge in [0, 0.05) is 5.56 Å². The predicted molar refractivity (Wildman–Crippen MR) is 114 cm³/mol. The van der Waals surface area contributed by atoms with E-state index in [1.54, 1.807) is 12.2 Å². The van der Waals surface area contributed by atoms with Gasteiger partial charge in [-0.25, -0.2) is 0 Å². The van der Waals surface area contributed by atoms with Crippen molar-refractivity contribution in [3.8, 4) is 5.75 Å². The summed E-state index contributed by atoms with van der Waals surface area (Å²) in [6.45, 7) is 2.79. The number of unbranched alkanes of at least 4 members (excludes halogenated alkanes) is 1. The Morgan fingerprint density at radius 3 is 1.93 bits per heavy atom. The molecule has 146 valence electrons. The molecule has 1 aromatic heterocycles. The fourth-order valence-corrected chi connectivity index (χ4v) is 2.94. The van der Waals surface area contributed by atoms with Crippen LogP contribution >= 0.6 is 69.6 Å². The molecule has 0 aliphatic rings. The molecule has 0 saturated carbocycles. The average molecular weight is 490 g/mol. The first-order chi connectivity index (χ1) is 12.6. The zero-order chi connectivity index (χ0) is 20.1. The fourth-order valence-electron chi connectivity index (χ4n) is 2.10. The van der Waals surface area contributed by atoms with Crippen LogP contribution in [0.5, 0.6) is 5.75 Å². The van der Waals surface area contributed by atoms with Crippen LogP contribution in [0.2, 0.25) is 0 Å². The molecule has 0 amide bonds. The van der Waals surface area contributed by atoms with Crippen molar-refractivity contribution in [2.45, 2.75) is 27.4 Å². The van der Waals surface area contributed by atoms with Crippen LogP contribution in [0.1, 0.15) is 42.3 Å². The Balaban J connectivity index is 2.32. The van der Waals surface area contributed by atoms with Crippen LogP contribution < -0.4 is 4.74 Å². The molecule has 2 aromatic rings. The van der Waals surface area contributed by atoms with Crippen LogP contribution in [0.3, 0.4) is 0 Å². The van der Waals surface area contributed by atoms with E-state index in [1.165, 1.54) is 0 Å². The van der Waals surface area contributed by atoms with Crippen molar-refractivity contribution in [2.24, 2.45) is 0 Å². The maximum absolute atomic E-state index is 5.97. The third-order valence-electron chi connectivity index (χ3n) is 3.43. The summed E-state index contributed by atoms with van der Waals surface area (Å²) < 4.78 is 1.91. The second-order valence-corrected chi connectivity index (χ2v) is 10.1. The van der Waals surface area contributed by atoms with E-state index in [-0.39, 0.29) is 17.0 Å². The molecule has 27 heavy (non-hydrogen) atoms. The molecule has 1 aromatic carbocycles. The van der Waals surface area contributed by atoms with E-state index >= 15 is 0 Å². The van der Waals surface area contributed by atoms with Gasteiger partial charge < -0.3 is 4.74 Å². The van der Waals surface area contributed by atoms with Gasteiger partial charge in [0.2, 0.25) is 7.59 Å².